The smallest absolute Gasteiger partial charge is 0.329 e. The van der Waals surface area contributed by atoms with E-state index < -0.39 is 16.2 Å². The Morgan fingerprint density at radius 3 is 2.84 bits per heavy atom. The van der Waals surface area contributed by atoms with Crippen LogP contribution >= 0.6 is 0 Å². The van der Waals surface area contributed by atoms with Crippen molar-refractivity contribution in [2.45, 2.75) is 13.3 Å². The van der Waals surface area contributed by atoms with Gasteiger partial charge in [-0.05, 0) is 13.3 Å². The summed E-state index contributed by atoms with van der Waals surface area (Å²) in [4.78, 5) is 30.9. The quantitative estimate of drug-likeness (QED) is 0.563. The van der Waals surface area contributed by atoms with Crippen LogP contribution in [0.4, 0.5) is 17.5 Å². The van der Waals surface area contributed by atoms with Crippen molar-refractivity contribution in [3.63, 3.8) is 0 Å². The van der Waals surface area contributed by atoms with Crippen LogP contribution in [0.25, 0.3) is 0 Å². The summed E-state index contributed by atoms with van der Waals surface area (Å²) in [5.74, 6) is -0.351. The number of nitrogen functional groups attached to an aromatic ring is 1. The molecule has 0 aromatic carbocycles. The maximum absolute atomic E-state index is 11.4. The van der Waals surface area contributed by atoms with Gasteiger partial charge in [-0.25, -0.2) is 4.98 Å². The number of hydrogen-bond acceptors (Lipinski definition) is 7. The molecule has 1 aromatic rings. The molecular weight excluding hydrogens is 252 g/mol. The minimum Gasteiger partial charge on any atom is -0.369 e. The number of primary amides is 1. The highest BCUT2D eigenvalue weighted by Crippen LogP contribution is 2.35. The normalized spacial score (nSPS) is 22.5. The average Bonchev–Trinajstić information content (AvgIpc) is 2.73. The zero-order valence-electron chi connectivity index (χ0n) is 10.4. The fourth-order valence-corrected chi connectivity index (χ4v) is 2.08. The maximum atomic E-state index is 11.4. The molecule has 9 heteroatoms. The van der Waals surface area contributed by atoms with Crippen molar-refractivity contribution in [2.75, 3.05) is 23.7 Å². The van der Waals surface area contributed by atoms with E-state index in [1.807, 2.05) is 0 Å². The highest BCUT2D eigenvalue weighted by molar-refractivity contribution is 5.82. The lowest BCUT2D eigenvalue weighted by atomic mass is 9.89. The molecular formula is C10H14N6O3. The van der Waals surface area contributed by atoms with E-state index in [0.717, 1.165) is 6.20 Å². The summed E-state index contributed by atoms with van der Waals surface area (Å²) < 4.78 is 0. The van der Waals surface area contributed by atoms with Crippen LogP contribution in [0.2, 0.25) is 0 Å². The van der Waals surface area contributed by atoms with Gasteiger partial charge in [0.25, 0.3) is 0 Å². The second-order valence-electron chi connectivity index (χ2n) is 4.79. The Hall–Kier alpha value is -2.45. The van der Waals surface area contributed by atoms with E-state index in [4.69, 9.17) is 11.5 Å². The molecule has 0 saturated carbocycles. The van der Waals surface area contributed by atoms with Gasteiger partial charge in [-0.1, -0.05) is 0 Å². The number of carbonyl (C=O) groups is 1. The fourth-order valence-electron chi connectivity index (χ4n) is 2.08. The first-order valence-corrected chi connectivity index (χ1v) is 5.65. The number of hydrogen-bond donors (Lipinski definition) is 2. The number of nitrogens with zero attached hydrogens (tertiary/aromatic N) is 4. The van der Waals surface area contributed by atoms with E-state index in [2.05, 4.69) is 9.97 Å². The third-order valence-electron chi connectivity index (χ3n) is 3.33. The zero-order chi connectivity index (χ0) is 14.2. The Kier molecular flexibility index (Phi) is 2.97. The van der Waals surface area contributed by atoms with Crippen molar-refractivity contribution in [1.29, 1.82) is 0 Å². The molecule has 1 amide bonds. The molecule has 1 aromatic heterocycles. The molecule has 102 valence electrons. The molecule has 4 N–H and O–H groups in total. The van der Waals surface area contributed by atoms with E-state index in [1.165, 1.54) is 0 Å². The molecule has 1 aliphatic heterocycles. The van der Waals surface area contributed by atoms with Crippen molar-refractivity contribution < 1.29 is 9.72 Å². The van der Waals surface area contributed by atoms with Gasteiger partial charge in [-0.15, -0.1) is 0 Å². The van der Waals surface area contributed by atoms with Crippen LogP contribution in [0.3, 0.4) is 0 Å². The van der Waals surface area contributed by atoms with Crippen LogP contribution in [0, 0.1) is 15.5 Å². The highest BCUT2D eigenvalue weighted by Gasteiger charge is 2.41. The Labute approximate surface area is 108 Å². The van der Waals surface area contributed by atoms with Crippen molar-refractivity contribution in [3.8, 4) is 0 Å². The number of carbonyl (C=O) groups excluding carboxylic acids is 1. The first kappa shape index (κ1) is 13.0. The van der Waals surface area contributed by atoms with Gasteiger partial charge >= 0.3 is 5.69 Å². The molecule has 1 atom stereocenters. The number of anilines is 2. The zero-order valence-corrected chi connectivity index (χ0v) is 10.4. The van der Waals surface area contributed by atoms with E-state index in [0.29, 0.717) is 13.0 Å². The van der Waals surface area contributed by atoms with Crippen molar-refractivity contribution in [3.05, 3.63) is 16.3 Å². The summed E-state index contributed by atoms with van der Waals surface area (Å²) in [6.07, 6.45) is 1.58. The van der Waals surface area contributed by atoms with Crippen LogP contribution in [-0.4, -0.2) is 33.9 Å². The maximum Gasteiger partial charge on any atom is 0.329 e. The minimum atomic E-state index is -0.715. The van der Waals surface area contributed by atoms with Crippen molar-refractivity contribution in [1.82, 2.24) is 9.97 Å². The first-order chi connectivity index (χ1) is 8.83. The molecule has 2 heterocycles. The molecule has 1 unspecified atom stereocenters. The second kappa shape index (κ2) is 4.34. The largest absolute Gasteiger partial charge is 0.369 e. The molecule has 2 rings (SSSR count). The van der Waals surface area contributed by atoms with Crippen LogP contribution in [-0.2, 0) is 4.79 Å². The highest BCUT2D eigenvalue weighted by atomic mass is 16.6. The lowest BCUT2D eigenvalue weighted by Gasteiger charge is -2.21. The van der Waals surface area contributed by atoms with Gasteiger partial charge in [-0.2, -0.15) is 4.98 Å². The number of rotatable bonds is 3. The number of nitrogens with two attached hydrogens (primary N) is 2. The van der Waals surface area contributed by atoms with Gasteiger partial charge in [-0.3, -0.25) is 14.9 Å². The molecule has 9 nitrogen and oxygen atoms in total. The topological polar surface area (TPSA) is 141 Å². The molecule has 1 fully saturated rings. The lowest BCUT2D eigenvalue weighted by Crippen LogP contribution is -2.37. The van der Waals surface area contributed by atoms with Crippen LogP contribution in [0.15, 0.2) is 6.20 Å². The average molecular weight is 266 g/mol. The van der Waals surface area contributed by atoms with Gasteiger partial charge in [0.2, 0.25) is 17.7 Å². The molecule has 1 aliphatic rings. The molecule has 0 radical (unpaired) electrons. The Morgan fingerprint density at radius 1 is 1.63 bits per heavy atom. The standard InChI is InChI=1S/C10H14N6O3/c1-10(8(11)17)2-3-15(5-10)7-6(16(18)19)4-13-9(12)14-7/h4H,2-3,5H2,1H3,(H2,11,17)(H2,12,13,14). The Bertz CT molecular complexity index is 548. The van der Waals surface area contributed by atoms with Crippen LogP contribution in [0.1, 0.15) is 13.3 Å². The molecule has 0 aliphatic carbocycles. The predicted octanol–water partition coefficient (Wildman–Crippen LogP) is -0.331. The second-order valence-corrected chi connectivity index (χ2v) is 4.79. The Morgan fingerprint density at radius 2 is 2.32 bits per heavy atom. The molecule has 0 spiro atoms. The summed E-state index contributed by atoms with van der Waals surface area (Å²) in [6, 6.07) is 0. The van der Waals surface area contributed by atoms with E-state index >= 15 is 0 Å². The van der Waals surface area contributed by atoms with E-state index in [9.17, 15) is 14.9 Å². The summed E-state index contributed by atoms with van der Waals surface area (Å²) >= 11 is 0. The number of nitro groups is 1. The monoisotopic (exact) mass is 266 g/mol. The van der Waals surface area contributed by atoms with Crippen molar-refractivity contribution >= 4 is 23.4 Å². The lowest BCUT2D eigenvalue weighted by molar-refractivity contribution is -0.384. The van der Waals surface area contributed by atoms with Gasteiger partial charge in [0.15, 0.2) is 0 Å². The first-order valence-electron chi connectivity index (χ1n) is 5.65. The van der Waals surface area contributed by atoms with Gasteiger partial charge in [0.1, 0.15) is 6.20 Å². The van der Waals surface area contributed by atoms with E-state index in [-0.39, 0.29) is 24.0 Å². The minimum absolute atomic E-state index is 0.0479. The summed E-state index contributed by atoms with van der Waals surface area (Å²) in [6.45, 7) is 2.46. The number of amides is 1. The SMILES string of the molecule is CC1(C(N)=O)CCN(c2nc(N)ncc2[N+](=O)[O-])C1. The molecule has 0 bridgehead atoms. The van der Waals surface area contributed by atoms with Crippen molar-refractivity contribution in [2.24, 2.45) is 11.1 Å². The Balaban J connectivity index is 2.36. The third kappa shape index (κ3) is 2.26. The van der Waals surface area contributed by atoms with Crippen LogP contribution < -0.4 is 16.4 Å². The predicted molar refractivity (Wildman–Crippen MR) is 67.2 cm³/mol. The van der Waals surface area contributed by atoms with E-state index in [1.54, 1.807) is 11.8 Å². The number of aromatic nitrogens is 2. The third-order valence-corrected chi connectivity index (χ3v) is 3.33. The summed E-state index contributed by atoms with van der Waals surface area (Å²) in [5.41, 5.74) is 9.85. The summed E-state index contributed by atoms with van der Waals surface area (Å²) in [5, 5.41) is 11.0. The van der Waals surface area contributed by atoms with Gasteiger partial charge in [0.05, 0.1) is 10.3 Å². The van der Waals surface area contributed by atoms with Crippen LogP contribution in [0.5, 0.6) is 0 Å². The summed E-state index contributed by atoms with van der Waals surface area (Å²) in [7, 11) is 0. The van der Waals surface area contributed by atoms with Gasteiger partial charge < -0.3 is 16.4 Å². The van der Waals surface area contributed by atoms with Gasteiger partial charge in [0, 0.05) is 13.1 Å². The molecule has 1 saturated heterocycles. The molecule has 19 heavy (non-hydrogen) atoms. The fraction of sp³-hybridized carbons (Fsp3) is 0.500.